The van der Waals surface area contributed by atoms with Gasteiger partial charge in [-0.2, -0.15) is 15.0 Å². The van der Waals surface area contributed by atoms with Gasteiger partial charge in [-0.05, 0) is 6.92 Å². The topological polar surface area (TPSA) is 66.0 Å². The first-order chi connectivity index (χ1) is 10.3. The minimum atomic E-state index is -1.28. The van der Waals surface area contributed by atoms with E-state index in [2.05, 4.69) is 25.1 Å². The van der Waals surface area contributed by atoms with Crippen molar-refractivity contribution < 1.29 is 13.2 Å². The summed E-state index contributed by atoms with van der Waals surface area (Å²) in [6.45, 7) is 1.14. The second-order valence-electron chi connectivity index (χ2n) is 4.56. The van der Waals surface area contributed by atoms with Gasteiger partial charge in [0.15, 0.2) is 11.6 Å². The van der Waals surface area contributed by atoms with E-state index < -0.39 is 28.7 Å². The Bertz CT molecular complexity index is 710. The zero-order valence-electron chi connectivity index (χ0n) is 11.9. The normalized spacial score (nSPS) is 10.5. The number of benzene rings is 1. The van der Waals surface area contributed by atoms with Crippen LogP contribution >= 0.6 is 11.8 Å². The van der Waals surface area contributed by atoms with Crippen LogP contribution in [0, 0.1) is 24.4 Å². The van der Waals surface area contributed by atoms with Gasteiger partial charge in [-0.25, -0.2) is 13.2 Å². The standard InChI is InChI=1S/C12H12ClF3N6/c1-5-6(14)4-7(9(16)8(5)15)17-10-18-11(21-13)20-12(19-10)22(2)3/h4H,1-3H3,(H2,17,18,19,20,21). The average molecular weight is 333 g/mol. The number of aromatic nitrogens is 3. The van der Waals surface area contributed by atoms with Crippen LogP contribution in [0.5, 0.6) is 0 Å². The highest BCUT2D eigenvalue weighted by Crippen LogP contribution is 2.25. The van der Waals surface area contributed by atoms with Gasteiger partial charge in [0.05, 0.1) is 5.69 Å². The van der Waals surface area contributed by atoms with Crippen LogP contribution in [0.2, 0.25) is 0 Å². The molecule has 0 saturated heterocycles. The fourth-order valence-corrected chi connectivity index (χ4v) is 1.64. The third kappa shape index (κ3) is 3.14. The van der Waals surface area contributed by atoms with E-state index in [0.29, 0.717) is 0 Å². The van der Waals surface area contributed by atoms with Crippen molar-refractivity contribution in [1.29, 1.82) is 0 Å². The average Bonchev–Trinajstić information content (AvgIpc) is 2.50. The quantitative estimate of drug-likeness (QED) is 0.663. The molecule has 6 nitrogen and oxygen atoms in total. The molecule has 2 aromatic rings. The van der Waals surface area contributed by atoms with Crippen molar-refractivity contribution in [1.82, 2.24) is 15.0 Å². The summed E-state index contributed by atoms with van der Waals surface area (Å²) >= 11 is 5.44. The van der Waals surface area contributed by atoms with Gasteiger partial charge in [0.25, 0.3) is 0 Å². The molecule has 0 atom stereocenters. The van der Waals surface area contributed by atoms with E-state index in [0.717, 1.165) is 13.0 Å². The maximum absolute atomic E-state index is 13.8. The van der Waals surface area contributed by atoms with Crippen LogP contribution < -0.4 is 15.1 Å². The zero-order chi connectivity index (χ0) is 16.4. The van der Waals surface area contributed by atoms with Crippen molar-refractivity contribution in [3.63, 3.8) is 0 Å². The number of rotatable bonds is 4. The molecule has 0 unspecified atom stereocenters. The van der Waals surface area contributed by atoms with Crippen LogP contribution in [-0.4, -0.2) is 29.0 Å². The predicted octanol–water partition coefficient (Wildman–Crippen LogP) is 2.97. The van der Waals surface area contributed by atoms with E-state index in [-0.39, 0.29) is 17.8 Å². The summed E-state index contributed by atoms with van der Waals surface area (Å²) in [5.74, 6) is -3.31. The summed E-state index contributed by atoms with van der Waals surface area (Å²) < 4.78 is 40.9. The first-order valence-electron chi connectivity index (χ1n) is 6.04. The molecule has 0 aliphatic carbocycles. The molecule has 1 heterocycles. The van der Waals surface area contributed by atoms with Crippen LogP contribution in [0.15, 0.2) is 6.07 Å². The van der Waals surface area contributed by atoms with Crippen LogP contribution in [-0.2, 0) is 0 Å². The summed E-state index contributed by atoms with van der Waals surface area (Å²) in [6.07, 6.45) is 0. The second-order valence-corrected chi connectivity index (χ2v) is 4.74. The van der Waals surface area contributed by atoms with Crippen molar-refractivity contribution >= 4 is 35.3 Å². The highest BCUT2D eigenvalue weighted by Gasteiger charge is 2.17. The predicted molar refractivity (Wildman–Crippen MR) is 78.0 cm³/mol. The molecule has 0 spiro atoms. The molecule has 10 heteroatoms. The van der Waals surface area contributed by atoms with Gasteiger partial charge in [0.2, 0.25) is 17.8 Å². The zero-order valence-corrected chi connectivity index (χ0v) is 12.6. The highest BCUT2D eigenvalue weighted by molar-refractivity contribution is 6.23. The molecule has 0 amide bonds. The summed E-state index contributed by atoms with van der Waals surface area (Å²) in [7, 11) is 3.34. The van der Waals surface area contributed by atoms with Crippen molar-refractivity contribution in [2.75, 3.05) is 29.1 Å². The van der Waals surface area contributed by atoms with Gasteiger partial charge in [-0.3, -0.25) is 4.84 Å². The maximum Gasteiger partial charge on any atom is 0.244 e. The van der Waals surface area contributed by atoms with E-state index in [9.17, 15) is 13.2 Å². The Hall–Kier alpha value is -2.29. The van der Waals surface area contributed by atoms with Gasteiger partial charge >= 0.3 is 0 Å². The Kier molecular flexibility index (Phi) is 4.55. The van der Waals surface area contributed by atoms with Gasteiger partial charge < -0.3 is 10.2 Å². The number of nitrogens with zero attached hydrogens (tertiary/aromatic N) is 4. The lowest BCUT2D eigenvalue weighted by atomic mass is 10.2. The third-order valence-corrected chi connectivity index (χ3v) is 2.91. The van der Waals surface area contributed by atoms with Crippen LogP contribution in [0.1, 0.15) is 5.56 Å². The molecule has 1 aromatic carbocycles. The smallest absolute Gasteiger partial charge is 0.244 e. The minimum Gasteiger partial charge on any atom is -0.347 e. The Balaban J connectivity index is 2.45. The Labute approximate surface area is 129 Å². The number of anilines is 4. The summed E-state index contributed by atoms with van der Waals surface area (Å²) in [5, 5.41) is 2.41. The fourth-order valence-electron chi connectivity index (χ4n) is 1.56. The summed E-state index contributed by atoms with van der Waals surface area (Å²) in [6, 6.07) is 0.820. The molecule has 0 fully saturated rings. The van der Waals surface area contributed by atoms with E-state index in [4.69, 9.17) is 11.8 Å². The van der Waals surface area contributed by atoms with Crippen molar-refractivity contribution in [3.05, 3.63) is 29.1 Å². The van der Waals surface area contributed by atoms with Gasteiger partial charge in [-0.1, -0.05) is 0 Å². The maximum atomic E-state index is 13.8. The van der Waals surface area contributed by atoms with Crippen molar-refractivity contribution in [2.24, 2.45) is 0 Å². The molecule has 118 valence electrons. The monoisotopic (exact) mass is 332 g/mol. The van der Waals surface area contributed by atoms with E-state index >= 15 is 0 Å². The Morgan fingerprint density at radius 2 is 1.68 bits per heavy atom. The number of nitrogens with one attached hydrogen (secondary N) is 2. The SMILES string of the molecule is Cc1c(F)cc(Nc2nc(NCl)nc(N(C)C)n2)c(F)c1F. The number of hydrogen-bond donors (Lipinski definition) is 2. The lowest BCUT2D eigenvalue weighted by molar-refractivity contribution is 0.489. The Morgan fingerprint density at radius 1 is 1.05 bits per heavy atom. The lowest BCUT2D eigenvalue weighted by Crippen LogP contribution is -2.15. The van der Waals surface area contributed by atoms with Gasteiger partial charge in [0, 0.05) is 37.5 Å². The molecule has 22 heavy (non-hydrogen) atoms. The van der Waals surface area contributed by atoms with Crippen LogP contribution in [0.4, 0.5) is 36.7 Å². The largest absolute Gasteiger partial charge is 0.347 e. The molecule has 0 aliphatic heterocycles. The second kappa shape index (κ2) is 6.22. The highest BCUT2D eigenvalue weighted by atomic mass is 35.5. The van der Waals surface area contributed by atoms with Crippen molar-refractivity contribution in [3.8, 4) is 0 Å². The molecule has 2 N–H and O–H groups in total. The van der Waals surface area contributed by atoms with E-state index in [1.165, 1.54) is 0 Å². The molecule has 1 aromatic heterocycles. The van der Waals surface area contributed by atoms with Crippen LogP contribution in [0.25, 0.3) is 0 Å². The molecule has 2 rings (SSSR count). The fraction of sp³-hybridized carbons (Fsp3) is 0.250. The molecule has 0 aliphatic rings. The first kappa shape index (κ1) is 16.1. The molecule has 0 radical (unpaired) electrons. The van der Waals surface area contributed by atoms with Crippen molar-refractivity contribution in [2.45, 2.75) is 6.92 Å². The Morgan fingerprint density at radius 3 is 2.27 bits per heavy atom. The van der Waals surface area contributed by atoms with Gasteiger partial charge in [-0.15, -0.1) is 0 Å². The lowest BCUT2D eigenvalue weighted by Gasteiger charge is -2.13. The molecule has 0 saturated carbocycles. The van der Waals surface area contributed by atoms with Gasteiger partial charge in [0.1, 0.15) is 5.82 Å². The molecule has 0 bridgehead atoms. The number of halogens is 4. The summed E-state index contributed by atoms with van der Waals surface area (Å²) in [5.41, 5.74) is -0.840. The third-order valence-electron chi connectivity index (χ3n) is 2.74. The summed E-state index contributed by atoms with van der Waals surface area (Å²) in [4.78, 5) is 15.5. The molecular formula is C12H12ClF3N6. The number of hydrogen-bond acceptors (Lipinski definition) is 6. The first-order valence-corrected chi connectivity index (χ1v) is 6.42. The minimum absolute atomic E-state index is 0.00340. The van der Waals surface area contributed by atoms with E-state index in [1.54, 1.807) is 19.0 Å². The van der Waals surface area contributed by atoms with Crippen LogP contribution in [0.3, 0.4) is 0 Å². The molecular weight excluding hydrogens is 321 g/mol. The van der Waals surface area contributed by atoms with E-state index in [1.807, 2.05) is 0 Å².